The van der Waals surface area contributed by atoms with E-state index in [1.807, 2.05) is 17.5 Å². The molecule has 1 heterocycles. The molecule has 0 saturated heterocycles. The molecule has 1 aromatic carbocycles. The molecule has 0 fully saturated rings. The van der Waals surface area contributed by atoms with Gasteiger partial charge in [-0.15, -0.1) is 11.3 Å². The molecule has 9 heteroatoms. The van der Waals surface area contributed by atoms with Crippen LogP contribution in [0.1, 0.15) is 36.0 Å². The fraction of sp³-hybridized carbons (Fsp3) is 0.400. The van der Waals surface area contributed by atoms with E-state index in [0.717, 1.165) is 4.88 Å². The number of esters is 1. The third-order valence-corrected chi connectivity index (χ3v) is 6.20. The molecule has 1 N–H and O–H groups in total. The summed E-state index contributed by atoms with van der Waals surface area (Å²) in [6, 6.07) is 9.49. The zero-order chi connectivity index (χ0) is 21.7. The zero-order valence-electron chi connectivity index (χ0n) is 17.0. The summed E-state index contributed by atoms with van der Waals surface area (Å²) < 4.78 is 32.5. The minimum atomic E-state index is -3.66. The van der Waals surface area contributed by atoms with Crippen LogP contribution in [-0.4, -0.2) is 50.9 Å². The second-order valence-electron chi connectivity index (χ2n) is 7.50. The van der Waals surface area contributed by atoms with Gasteiger partial charge < -0.3 is 9.64 Å². The third kappa shape index (κ3) is 7.26. The maximum absolute atomic E-state index is 12.5. The van der Waals surface area contributed by atoms with Gasteiger partial charge in [0.05, 0.1) is 4.90 Å². The number of hydrogen-bond donors (Lipinski definition) is 1. The van der Waals surface area contributed by atoms with E-state index in [1.165, 1.54) is 36.2 Å². The Labute approximate surface area is 175 Å². The Morgan fingerprint density at radius 1 is 1.14 bits per heavy atom. The number of ether oxygens (including phenoxy) is 1. The number of sulfonamides is 1. The monoisotopic (exact) mass is 438 g/mol. The van der Waals surface area contributed by atoms with E-state index in [1.54, 1.807) is 32.1 Å². The number of hydrogen-bond acceptors (Lipinski definition) is 6. The van der Waals surface area contributed by atoms with Crippen LogP contribution in [0, 0.1) is 0 Å². The molecule has 2 rings (SSSR count). The number of likely N-dealkylation sites (N-methyl/N-ethyl adjacent to an activating group) is 1. The molecule has 0 atom stereocenters. The zero-order valence-corrected chi connectivity index (χ0v) is 18.6. The topological polar surface area (TPSA) is 92.8 Å². The highest BCUT2D eigenvalue weighted by molar-refractivity contribution is 7.89. The first kappa shape index (κ1) is 23.1. The summed E-state index contributed by atoms with van der Waals surface area (Å²) in [6.45, 7) is 5.35. The van der Waals surface area contributed by atoms with E-state index >= 15 is 0 Å². The van der Waals surface area contributed by atoms with Crippen molar-refractivity contribution in [3.63, 3.8) is 0 Å². The lowest BCUT2D eigenvalue weighted by Gasteiger charge is -2.22. The molecule has 29 heavy (non-hydrogen) atoms. The summed E-state index contributed by atoms with van der Waals surface area (Å²) in [7, 11) is -2.17. The molecular formula is C20H26N2O5S2. The summed E-state index contributed by atoms with van der Waals surface area (Å²) >= 11 is 1.57. The molecule has 0 aliphatic carbocycles. The van der Waals surface area contributed by atoms with Crippen LogP contribution in [0.25, 0.3) is 0 Å². The van der Waals surface area contributed by atoms with Gasteiger partial charge in [0.1, 0.15) is 12.1 Å². The first-order valence-corrected chi connectivity index (χ1v) is 11.4. The van der Waals surface area contributed by atoms with Crippen molar-refractivity contribution < 1.29 is 22.7 Å². The van der Waals surface area contributed by atoms with Gasteiger partial charge in [0, 0.05) is 24.0 Å². The maximum atomic E-state index is 12.5. The van der Waals surface area contributed by atoms with Crippen molar-refractivity contribution in [2.24, 2.45) is 0 Å². The van der Waals surface area contributed by atoms with Crippen LogP contribution in [0.15, 0.2) is 46.7 Å². The van der Waals surface area contributed by atoms with Crippen molar-refractivity contribution in [2.75, 3.05) is 20.1 Å². The Kier molecular flexibility index (Phi) is 7.56. The van der Waals surface area contributed by atoms with Crippen molar-refractivity contribution in [1.82, 2.24) is 9.62 Å². The second kappa shape index (κ2) is 9.51. The third-order valence-electron chi connectivity index (χ3n) is 3.79. The minimum Gasteiger partial charge on any atom is -0.459 e. The normalized spacial score (nSPS) is 11.9. The SMILES string of the molecule is CN(CC(=O)OC(C)(C)C)C(=O)c1ccc(S(=O)(=O)NCCc2cccs2)cc1. The Morgan fingerprint density at radius 3 is 2.34 bits per heavy atom. The fourth-order valence-electron chi connectivity index (χ4n) is 2.48. The molecule has 0 spiro atoms. The number of benzene rings is 1. The van der Waals surface area contributed by atoms with Gasteiger partial charge in [0.25, 0.3) is 5.91 Å². The van der Waals surface area contributed by atoms with Gasteiger partial charge in [0.2, 0.25) is 10.0 Å². The summed E-state index contributed by atoms with van der Waals surface area (Å²) in [4.78, 5) is 26.7. The highest BCUT2D eigenvalue weighted by Gasteiger charge is 2.21. The Hall–Kier alpha value is -2.23. The van der Waals surface area contributed by atoms with Gasteiger partial charge in [-0.3, -0.25) is 9.59 Å². The quantitative estimate of drug-likeness (QED) is 0.640. The molecule has 0 unspecified atom stereocenters. The first-order valence-electron chi connectivity index (χ1n) is 9.07. The predicted molar refractivity (Wildman–Crippen MR) is 112 cm³/mol. The van der Waals surface area contributed by atoms with Crippen LogP contribution in [0.3, 0.4) is 0 Å². The minimum absolute atomic E-state index is 0.0787. The number of carbonyl (C=O) groups excluding carboxylic acids is 2. The van der Waals surface area contributed by atoms with Crippen LogP contribution in [0.5, 0.6) is 0 Å². The largest absolute Gasteiger partial charge is 0.459 e. The van der Waals surface area contributed by atoms with Crippen molar-refractivity contribution in [3.05, 3.63) is 52.2 Å². The summed E-state index contributed by atoms with van der Waals surface area (Å²) in [5.74, 6) is -0.909. The molecule has 2 aromatic rings. The number of rotatable bonds is 8. The highest BCUT2D eigenvalue weighted by Crippen LogP contribution is 2.14. The van der Waals surface area contributed by atoms with Gasteiger partial charge in [-0.05, 0) is 62.9 Å². The van der Waals surface area contributed by atoms with Crippen LogP contribution in [-0.2, 0) is 26.0 Å². The summed E-state index contributed by atoms with van der Waals surface area (Å²) in [6.07, 6.45) is 0.614. The van der Waals surface area contributed by atoms with E-state index < -0.39 is 27.5 Å². The van der Waals surface area contributed by atoms with E-state index in [9.17, 15) is 18.0 Å². The van der Waals surface area contributed by atoms with Gasteiger partial charge in [-0.25, -0.2) is 13.1 Å². The van der Waals surface area contributed by atoms with Crippen LogP contribution in [0.4, 0.5) is 0 Å². The Bertz CT molecular complexity index is 930. The molecule has 1 aromatic heterocycles. The lowest BCUT2D eigenvalue weighted by molar-refractivity contribution is -0.155. The molecule has 0 radical (unpaired) electrons. The summed E-state index contributed by atoms with van der Waals surface area (Å²) in [5.41, 5.74) is -0.346. The molecule has 0 saturated carbocycles. The van der Waals surface area contributed by atoms with Crippen molar-refractivity contribution in [3.8, 4) is 0 Å². The molecule has 1 amide bonds. The molecule has 0 aliphatic heterocycles. The summed E-state index contributed by atoms with van der Waals surface area (Å²) in [5, 5.41) is 1.94. The highest BCUT2D eigenvalue weighted by atomic mass is 32.2. The molecule has 7 nitrogen and oxygen atoms in total. The van der Waals surface area contributed by atoms with Gasteiger partial charge >= 0.3 is 5.97 Å². The second-order valence-corrected chi connectivity index (χ2v) is 10.3. The van der Waals surface area contributed by atoms with Crippen molar-refractivity contribution in [1.29, 1.82) is 0 Å². The lowest BCUT2D eigenvalue weighted by Crippen LogP contribution is -2.36. The van der Waals surface area contributed by atoms with Crippen LogP contribution in [0.2, 0.25) is 0 Å². The van der Waals surface area contributed by atoms with Crippen LogP contribution < -0.4 is 4.72 Å². The Morgan fingerprint density at radius 2 is 1.79 bits per heavy atom. The number of thiophene rings is 1. The molecular weight excluding hydrogens is 412 g/mol. The first-order chi connectivity index (χ1) is 13.5. The van der Waals surface area contributed by atoms with E-state index in [2.05, 4.69) is 4.72 Å². The average molecular weight is 439 g/mol. The average Bonchev–Trinajstić information content (AvgIpc) is 3.12. The maximum Gasteiger partial charge on any atom is 0.326 e. The van der Waals surface area contributed by atoms with Gasteiger partial charge in [0.15, 0.2) is 0 Å². The molecule has 0 aliphatic rings. The number of nitrogens with zero attached hydrogens (tertiary/aromatic N) is 1. The van der Waals surface area contributed by atoms with Crippen molar-refractivity contribution >= 4 is 33.2 Å². The fourth-order valence-corrected chi connectivity index (χ4v) is 4.22. The van der Waals surface area contributed by atoms with Gasteiger partial charge in [-0.1, -0.05) is 6.07 Å². The lowest BCUT2D eigenvalue weighted by atomic mass is 10.2. The number of nitrogens with one attached hydrogen (secondary N) is 1. The molecule has 0 bridgehead atoms. The van der Waals surface area contributed by atoms with Crippen molar-refractivity contribution in [2.45, 2.75) is 37.7 Å². The van der Waals surface area contributed by atoms with E-state index in [4.69, 9.17) is 4.74 Å². The van der Waals surface area contributed by atoms with E-state index in [-0.39, 0.29) is 17.0 Å². The van der Waals surface area contributed by atoms with Crippen LogP contribution >= 0.6 is 11.3 Å². The Balaban J connectivity index is 1.95. The standard InChI is InChI=1S/C20H26N2O5S2/c1-20(2,3)27-18(23)14-22(4)19(24)15-7-9-17(10-8-15)29(25,26)21-12-11-16-6-5-13-28-16/h5-10,13,21H,11-12,14H2,1-4H3. The predicted octanol–water partition coefficient (Wildman–Crippen LogP) is 2.68. The number of carbonyl (C=O) groups is 2. The molecule has 158 valence electrons. The van der Waals surface area contributed by atoms with Gasteiger partial charge in [-0.2, -0.15) is 0 Å². The number of amides is 1. The smallest absolute Gasteiger partial charge is 0.326 e. The van der Waals surface area contributed by atoms with E-state index in [0.29, 0.717) is 13.0 Å².